The molecule has 0 aliphatic carbocycles. The van der Waals surface area contributed by atoms with E-state index >= 15 is 0 Å². The van der Waals surface area contributed by atoms with E-state index in [0.29, 0.717) is 73.5 Å². The van der Waals surface area contributed by atoms with Gasteiger partial charge >= 0.3 is 11.9 Å². The number of halogens is 1. The lowest BCUT2D eigenvalue weighted by Crippen LogP contribution is -2.22. The van der Waals surface area contributed by atoms with Gasteiger partial charge in [-0.15, -0.1) is 0 Å². The first kappa shape index (κ1) is 42.1. The minimum atomic E-state index is -0.844. The van der Waals surface area contributed by atoms with Crippen LogP contribution in [0.25, 0.3) is 22.4 Å². The number of aliphatic carboxylic acids is 2. The smallest absolute Gasteiger partial charge is 0.303 e. The molecule has 5 aromatic rings. The van der Waals surface area contributed by atoms with Crippen LogP contribution in [-0.4, -0.2) is 58.4 Å². The molecule has 13 heteroatoms. The van der Waals surface area contributed by atoms with Crippen LogP contribution in [0.15, 0.2) is 85.3 Å². The Morgan fingerprint density at radius 1 is 0.754 bits per heavy atom. The van der Waals surface area contributed by atoms with Gasteiger partial charge in [-0.05, 0) is 91.9 Å². The summed E-state index contributed by atoms with van der Waals surface area (Å²) in [5.74, 6) is -0.00250. The molecule has 0 radical (unpaired) electrons. The fourth-order valence-corrected chi connectivity index (χ4v) is 6.42. The number of carboxylic acids is 2. The normalized spacial score (nSPS) is 10.8. The largest absolute Gasteiger partial charge is 0.491 e. The first-order valence-corrected chi connectivity index (χ1v) is 19.1. The van der Waals surface area contributed by atoms with Crippen molar-refractivity contribution in [2.45, 2.75) is 59.3 Å². The van der Waals surface area contributed by atoms with Crippen LogP contribution in [0, 0.1) is 25.2 Å². The summed E-state index contributed by atoms with van der Waals surface area (Å²) in [6, 6.07) is 23.5. The third kappa shape index (κ3) is 12.5. The molecule has 2 heterocycles. The van der Waals surface area contributed by atoms with Gasteiger partial charge in [-0.2, -0.15) is 5.26 Å². The van der Waals surface area contributed by atoms with Crippen molar-refractivity contribution in [1.82, 2.24) is 20.6 Å². The molecule has 0 amide bonds. The average molecular weight is 792 g/mol. The molecule has 0 unspecified atom stereocenters. The molecule has 0 atom stereocenters. The van der Waals surface area contributed by atoms with Crippen LogP contribution in [0.2, 0.25) is 5.02 Å². The molecule has 0 aliphatic rings. The van der Waals surface area contributed by atoms with E-state index in [1.807, 2.05) is 30.3 Å². The highest BCUT2D eigenvalue weighted by Crippen LogP contribution is 2.36. The molecule has 296 valence electrons. The van der Waals surface area contributed by atoms with Gasteiger partial charge in [0.2, 0.25) is 0 Å². The molecule has 5 rings (SSSR count). The second-order valence-electron chi connectivity index (χ2n) is 13.4. The van der Waals surface area contributed by atoms with E-state index in [2.05, 4.69) is 53.7 Å². The van der Waals surface area contributed by atoms with E-state index in [0.717, 1.165) is 50.2 Å². The molecule has 3 aromatic carbocycles. The van der Waals surface area contributed by atoms with Crippen LogP contribution < -0.4 is 24.8 Å². The molecule has 2 aromatic heterocycles. The number of carboxylic acid groups (broad SMARTS) is 2. The Bertz CT molecular complexity index is 2190. The van der Waals surface area contributed by atoms with Gasteiger partial charge in [0.1, 0.15) is 43.1 Å². The van der Waals surface area contributed by atoms with Crippen molar-refractivity contribution in [2.75, 3.05) is 26.2 Å². The van der Waals surface area contributed by atoms with Crippen LogP contribution in [-0.2, 0) is 29.3 Å². The number of nitriles is 1. The van der Waals surface area contributed by atoms with Gasteiger partial charge < -0.3 is 35.1 Å². The van der Waals surface area contributed by atoms with E-state index in [1.165, 1.54) is 6.20 Å². The summed E-state index contributed by atoms with van der Waals surface area (Å²) < 4.78 is 18.4. The maximum Gasteiger partial charge on any atom is 0.303 e. The van der Waals surface area contributed by atoms with Crippen molar-refractivity contribution in [3.05, 3.63) is 124 Å². The second kappa shape index (κ2) is 21.3. The first-order chi connectivity index (χ1) is 27.6. The number of carbonyl (C=O) groups is 2. The molecule has 0 bridgehead atoms. The molecular formula is C44H46ClN5O7. The lowest BCUT2D eigenvalue weighted by atomic mass is 9.90. The average Bonchev–Trinajstić information content (AvgIpc) is 3.20. The maximum absolute atomic E-state index is 10.9. The summed E-state index contributed by atoms with van der Waals surface area (Å²) >= 11 is 6.77. The molecule has 0 spiro atoms. The highest BCUT2D eigenvalue weighted by molar-refractivity contribution is 6.32. The molecule has 0 aliphatic heterocycles. The Labute approximate surface area is 337 Å². The van der Waals surface area contributed by atoms with Crippen LogP contribution in [0.4, 0.5) is 0 Å². The topological polar surface area (TPSA) is 176 Å². The summed E-state index contributed by atoms with van der Waals surface area (Å²) in [5, 5.41) is 33.9. The Hall–Kier alpha value is -6.00. The Balaban J connectivity index is 1.28. The highest BCUT2D eigenvalue weighted by Gasteiger charge is 2.16. The molecule has 0 saturated heterocycles. The van der Waals surface area contributed by atoms with Gasteiger partial charge in [-0.25, -0.2) is 0 Å². The lowest BCUT2D eigenvalue weighted by molar-refractivity contribution is -0.138. The Kier molecular flexibility index (Phi) is 15.8. The van der Waals surface area contributed by atoms with Gasteiger partial charge in [0, 0.05) is 61.1 Å². The van der Waals surface area contributed by atoms with Crippen LogP contribution in [0.1, 0.15) is 59.1 Å². The van der Waals surface area contributed by atoms with Crippen LogP contribution >= 0.6 is 11.6 Å². The third-order valence-electron chi connectivity index (χ3n) is 9.25. The third-order valence-corrected chi connectivity index (χ3v) is 9.55. The lowest BCUT2D eigenvalue weighted by Gasteiger charge is -2.18. The van der Waals surface area contributed by atoms with Crippen LogP contribution in [0.3, 0.4) is 0 Å². The molecule has 57 heavy (non-hydrogen) atoms. The predicted molar refractivity (Wildman–Crippen MR) is 217 cm³/mol. The number of ether oxygens (including phenoxy) is 3. The van der Waals surface area contributed by atoms with Gasteiger partial charge in [-0.1, -0.05) is 48.0 Å². The summed E-state index contributed by atoms with van der Waals surface area (Å²) in [4.78, 5) is 30.4. The number of hydrogen-bond acceptors (Lipinski definition) is 10. The number of pyridine rings is 2. The zero-order valence-electron chi connectivity index (χ0n) is 32.0. The maximum atomic E-state index is 10.9. The van der Waals surface area contributed by atoms with Crippen molar-refractivity contribution >= 4 is 23.5 Å². The van der Waals surface area contributed by atoms with E-state index < -0.39 is 11.9 Å². The SMILES string of the molecule is Cc1c(COc2cc(OCc3cncc(C#N)c3)c(CNCCCC(=O)O)cc2Cl)cccc1-c1cccc(-c2ccc(OCCNCCCC(=O)O)cn2)c1C. The number of rotatable bonds is 22. The van der Waals surface area contributed by atoms with E-state index in [1.54, 1.807) is 30.6 Å². The molecule has 0 saturated carbocycles. The zero-order valence-corrected chi connectivity index (χ0v) is 32.8. The Morgan fingerprint density at radius 3 is 2.18 bits per heavy atom. The molecular weight excluding hydrogens is 746 g/mol. The van der Waals surface area contributed by atoms with Crippen LogP contribution in [0.5, 0.6) is 17.2 Å². The summed E-state index contributed by atoms with van der Waals surface area (Å²) in [6.45, 7) is 7.15. The number of nitrogens with zero attached hydrogens (tertiary/aromatic N) is 3. The zero-order chi connectivity index (χ0) is 40.6. The minimum Gasteiger partial charge on any atom is -0.491 e. The molecule has 4 N–H and O–H groups in total. The van der Waals surface area contributed by atoms with Crippen molar-refractivity contribution in [1.29, 1.82) is 5.26 Å². The van der Waals surface area contributed by atoms with Gasteiger partial charge in [0.25, 0.3) is 0 Å². The quantitative estimate of drug-likeness (QED) is 0.0500. The van der Waals surface area contributed by atoms with Crippen molar-refractivity contribution in [3.63, 3.8) is 0 Å². The summed E-state index contributed by atoms with van der Waals surface area (Å²) in [7, 11) is 0. The second-order valence-corrected chi connectivity index (χ2v) is 13.8. The van der Waals surface area contributed by atoms with Gasteiger partial charge in [-0.3, -0.25) is 19.6 Å². The fraction of sp³-hybridized carbons (Fsp3) is 0.295. The molecule has 12 nitrogen and oxygen atoms in total. The van der Waals surface area contributed by atoms with E-state index in [9.17, 15) is 14.9 Å². The number of benzene rings is 3. The van der Waals surface area contributed by atoms with Gasteiger partial charge in [0.15, 0.2) is 0 Å². The van der Waals surface area contributed by atoms with Gasteiger partial charge in [0.05, 0.1) is 22.5 Å². The minimum absolute atomic E-state index is 0.0690. The van der Waals surface area contributed by atoms with Crippen molar-refractivity contribution in [3.8, 4) is 45.7 Å². The number of aromatic nitrogens is 2. The fourth-order valence-electron chi connectivity index (χ4n) is 6.18. The monoisotopic (exact) mass is 791 g/mol. The number of nitrogens with one attached hydrogen (secondary N) is 2. The summed E-state index contributed by atoms with van der Waals surface area (Å²) in [5.41, 5.74) is 9.04. The van der Waals surface area contributed by atoms with E-state index in [-0.39, 0.29) is 26.1 Å². The molecule has 0 fully saturated rings. The Morgan fingerprint density at radius 2 is 1.46 bits per heavy atom. The van der Waals surface area contributed by atoms with Crippen molar-refractivity contribution < 1.29 is 34.0 Å². The first-order valence-electron chi connectivity index (χ1n) is 18.7. The van der Waals surface area contributed by atoms with Crippen molar-refractivity contribution in [2.24, 2.45) is 0 Å². The highest BCUT2D eigenvalue weighted by atomic mass is 35.5. The standard InChI is InChI=1S/C44H46ClN5O7/c1-29-33(28-57-42-21-41(56-27-32-19-31(22-46)23-49-24-32)34(20-39(42)45)25-48-16-6-12-44(53)54)7-3-8-36(29)37-9-4-10-38(30(37)2)40-14-13-35(26-50-40)55-18-17-47-15-5-11-43(51)52/h3-4,7-10,13-14,19-21,23-24,26,47-48H,5-6,11-12,15-18,25,27-28H2,1-2H3,(H,51,52)(H,53,54). The van der Waals surface area contributed by atoms with E-state index in [4.69, 9.17) is 41.0 Å². The summed E-state index contributed by atoms with van der Waals surface area (Å²) in [6.07, 6.45) is 6.11. The predicted octanol–water partition coefficient (Wildman–Crippen LogP) is 7.90. The number of hydrogen-bond donors (Lipinski definition) is 4.